The average Bonchev–Trinajstić information content (AvgIpc) is 2.95. The summed E-state index contributed by atoms with van der Waals surface area (Å²) in [5.41, 5.74) is 1.22. The van der Waals surface area contributed by atoms with Crippen molar-refractivity contribution in [2.24, 2.45) is 5.92 Å². The summed E-state index contributed by atoms with van der Waals surface area (Å²) >= 11 is 0. The van der Waals surface area contributed by atoms with Crippen molar-refractivity contribution in [1.82, 2.24) is 10.3 Å². The molecule has 4 aromatic rings. The van der Waals surface area contributed by atoms with E-state index in [4.69, 9.17) is 16.0 Å². The minimum atomic E-state index is -0.712. The van der Waals surface area contributed by atoms with Crippen LogP contribution in [0.1, 0.15) is 12.8 Å². The minimum Gasteiger partial charge on any atom is -0.504 e. The Bertz CT molecular complexity index is 1530. The second kappa shape index (κ2) is 11.8. The van der Waals surface area contributed by atoms with Crippen LogP contribution in [-0.4, -0.2) is 30.7 Å². The van der Waals surface area contributed by atoms with E-state index in [2.05, 4.69) is 25.8 Å². The topological polar surface area (TPSA) is 88.9 Å². The quantitative estimate of drug-likeness (QED) is 0.227. The molecule has 3 aromatic carbocycles. The number of urea groups is 1. The van der Waals surface area contributed by atoms with Crippen molar-refractivity contribution in [1.29, 1.82) is 0 Å². The van der Waals surface area contributed by atoms with Gasteiger partial charge in [-0.2, -0.15) is 0 Å². The number of hydrogen-bond donors (Lipinski definition) is 3. The number of amides is 2. The van der Waals surface area contributed by atoms with Gasteiger partial charge in [0, 0.05) is 23.3 Å². The molecule has 0 atom stereocenters. The third-order valence-electron chi connectivity index (χ3n) is 6.35. The number of nitrogens with zero attached hydrogens (tertiary/aromatic N) is 2. The smallest absolute Gasteiger partial charge is 0.323 e. The molecule has 1 aromatic heterocycles. The number of benzene rings is 3. The molecular weight excluding hydrogens is 504 g/mol. The van der Waals surface area contributed by atoms with Crippen LogP contribution >= 0.6 is 0 Å². The van der Waals surface area contributed by atoms with Crippen LogP contribution in [0.5, 0.6) is 17.2 Å². The van der Waals surface area contributed by atoms with Gasteiger partial charge in [0.2, 0.25) is 5.69 Å². The van der Waals surface area contributed by atoms with Crippen molar-refractivity contribution in [3.8, 4) is 17.2 Å². The first-order chi connectivity index (χ1) is 19.0. The first-order valence-corrected chi connectivity index (χ1v) is 12.4. The first-order valence-electron chi connectivity index (χ1n) is 12.4. The van der Waals surface area contributed by atoms with Crippen molar-refractivity contribution in [2.45, 2.75) is 12.8 Å². The number of anilines is 2. The van der Waals surface area contributed by atoms with Gasteiger partial charge in [-0.05, 0) is 86.4 Å². The summed E-state index contributed by atoms with van der Waals surface area (Å²) in [6.07, 6.45) is 3.62. The van der Waals surface area contributed by atoms with Gasteiger partial charge in [-0.15, -0.1) is 0 Å². The Hall–Kier alpha value is -4.75. The first kappa shape index (κ1) is 25.9. The molecule has 0 aliphatic carbocycles. The molecule has 39 heavy (non-hydrogen) atoms. The van der Waals surface area contributed by atoms with Crippen LogP contribution in [0.2, 0.25) is 0 Å². The highest BCUT2D eigenvalue weighted by Gasteiger charge is 2.17. The fraction of sp³-hybridized carbons (Fsp3) is 0.207. The summed E-state index contributed by atoms with van der Waals surface area (Å²) in [4.78, 5) is 20.2. The molecule has 5 rings (SSSR count). The Morgan fingerprint density at radius 3 is 2.56 bits per heavy atom. The number of piperidine rings is 1. The van der Waals surface area contributed by atoms with E-state index in [9.17, 15) is 13.6 Å². The lowest BCUT2D eigenvalue weighted by molar-refractivity contribution is 0.216. The molecule has 1 fully saturated rings. The molecule has 1 aliphatic heterocycles. The zero-order chi connectivity index (χ0) is 27.2. The molecule has 1 aliphatic rings. The molecule has 2 heterocycles. The maximum atomic E-state index is 14.8. The number of pyridine rings is 1. The number of aromatic nitrogens is 1. The van der Waals surface area contributed by atoms with Gasteiger partial charge < -0.3 is 25.4 Å². The SMILES string of the molecule is [C-]#[N+]c1cc2c(Oc3ccc(NC(=O)Nc4ccc(F)cc4)c(F)c3)ccnc2cc1OCC1CCNCC1. The fourth-order valence-corrected chi connectivity index (χ4v) is 4.29. The van der Waals surface area contributed by atoms with Gasteiger partial charge in [-0.25, -0.2) is 18.4 Å². The highest BCUT2D eigenvalue weighted by atomic mass is 19.1. The molecule has 1 saturated heterocycles. The van der Waals surface area contributed by atoms with E-state index in [1.807, 2.05) is 0 Å². The lowest BCUT2D eigenvalue weighted by Gasteiger charge is -2.23. The second-order valence-electron chi connectivity index (χ2n) is 9.09. The average molecular weight is 530 g/mol. The van der Waals surface area contributed by atoms with Crippen LogP contribution in [0.15, 0.2) is 66.9 Å². The van der Waals surface area contributed by atoms with E-state index < -0.39 is 17.7 Å². The van der Waals surface area contributed by atoms with E-state index in [1.165, 1.54) is 36.4 Å². The maximum absolute atomic E-state index is 14.8. The number of carbonyl (C=O) groups excluding carboxylic acids is 1. The third kappa shape index (κ3) is 6.40. The third-order valence-corrected chi connectivity index (χ3v) is 6.35. The molecule has 10 heteroatoms. The van der Waals surface area contributed by atoms with E-state index in [-0.39, 0.29) is 11.4 Å². The molecule has 0 bridgehead atoms. The summed E-state index contributed by atoms with van der Waals surface area (Å²) in [7, 11) is 0. The molecule has 2 amide bonds. The van der Waals surface area contributed by atoms with Crippen molar-refractivity contribution >= 4 is 34.0 Å². The summed E-state index contributed by atoms with van der Waals surface area (Å²) in [6, 6.07) is 13.6. The molecule has 0 saturated carbocycles. The standard InChI is InChI=1S/C29H25F2N5O3/c1-32-26-15-22-25(16-28(26)38-17-18-8-11-33-12-9-18)34-13-10-27(22)39-21-6-7-24(23(31)14-21)36-29(37)35-20-4-2-19(30)3-5-20/h2-7,10,13-16,18,33H,8-9,11-12,17H2,(H2,35,36,37). The Balaban J connectivity index is 1.29. The normalized spacial score (nSPS) is 13.5. The predicted molar refractivity (Wildman–Crippen MR) is 145 cm³/mol. The molecular formula is C29H25F2N5O3. The summed E-state index contributed by atoms with van der Waals surface area (Å²) < 4.78 is 39.8. The monoisotopic (exact) mass is 529 g/mol. The highest BCUT2D eigenvalue weighted by molar-refractivity contribution is 5.99. The summed E-state index contributed by atoms with van der Waals surface area (Å²) in [6.45, 7) is 10.1. The van der Waals surface area contributed by atoms with Gasteiger partial charge in [-0.1, -0.05) is 0 Å². The van der Waals surface area contributed by atoms with Crippen LogP contribution in [0.3, 0.4) is 0 Å². The highest BCUT2D eigenvalue weighted by Crippen LogP contribution is 2.38. The Labute approximate surface area is 223 Å². The maximum Gasteiger partial charge on any atom is 0.323 e. The number of halogens is 2. The minimum absolute atomic E-state index is 0.0626. The predicted octanol–water partition coefficient (Wildman–Crippen LogP) is 6.88. The second-order valence-corrected chi connectivity index (χ2v) is 9.09. The van der Waals surface area contributed by atoms with Gasteiger partial charge >= 0.3 is 6.03 Å². The number of fused-ring (bicyclic) bond motifs is 1. The lowest BCUT2D eigenvalue weighted by atomic mass is 9.99. The molecule has 0 spiro atoms. The molecule has 0 unspecified atom stereocenters. The molecule has 0 radical (unpaired) electrons. The number of rotatable bonds is 7. The van der Waals surface area contributed by atoms with Crippen LogP contribution in [0.25, 0.3) is 15.7 Å². The number of hydrogen-bond acceptors (Lipinski definition) is 5. The van der Waals surface area contributed by atoms with Crippen LogP contribution in [0, 0.1) is 24.1 Å². The van der Waals surface area contributed by atoms with Gasteiger partial charge in [0.05, 0.1) is 24.4 Å². The number of nitrogens with one attached hydrogen (secondary N) is 3. The van der Waals surface area contributed by atoms with Gasteiger partial charge in [0.25, 0.3) is 0 Å². The summed E-state index contributed by atoms with van der Waals surface area (Å²) in [5.74, 6) is 0.349. The lowest BCUT2D eigenvalue weighted by Crippen LogP contribution is -2.30. The van der Waals surface area contributed by atoms with Crippen LogP contribution < -0.4 is 25.4 Å². The van der Waals surface area contributed by atoms with Gasteiger partial charge in [0.1, 0.15) is 28.9 Å². The fourth-order valence-electron chi connectivity index (χ4n) is 4.29. The van der Waals surface area contributed by atoms with Crippen molar-refractivity contribution < 1.29 is 23.0 Å². The molecule has 198 valence electrons. The van der Waals surface area contributed by atoms with Gasteiger partial charge in [-0.3, -0.25) is 4.98 Å². The molecule has 8 nitrogen and oxygen atoms in total. The molecule has 3 N–H and O–H groups in total. The van der Waals surface area contributed by atoms with E-state index in [0.29, 0.717) is 46.3 Å². The van der Waals surface area contributed by atoms with E-state index in [1.54, 1.807) is 24.4 Å². The zero-order valence-corrected chi connectivity index (χ0v) is 20.8. The van der Waals surface area contributed by atoms with Crippen LogP contribution in [-0.2, 0) is 0 Å². The number of ether oxygens (including phenoxy) is 2. The largest absolute Gasteiger partial charge is 0.504 e. The van der Waals surface area contributed by atoms with E-state index in [0.717, 1.165) is 32.0 Å². The zero-order valence-electron chi connectivity index (χ0n) is 20.8. The van der Waals surface area contributed by atoms with Gasteiger partial charge in [0.15, 0.2) is 0 Å². The Morgan fingerprint density at radius 1 is 1.03 bits per heavy atom. The van der Waals surface area contributed by atoms with E-state index >= 15 is 0 Å². The van der Waals surface area contributed by atoms with Crippen molar-refractivity contribution in [3.05, 3.63) is 89.9 Å². The van der Waals surface area contributed by atoms with Crippen LogP contribution in [0.4, 0.5) is 30.6 Å². The van der Waals surface area contributed by atoms with Crippen molar-refractivity contribution in [2.75, 3.05) is 30.3 Å². The van der Waals surface area contributed by atoms with Crippen molar-refractivity contribution in [3.63, 3.8) is 0 Å². The Kier molecular flexibility index (Phi) is 7.80. The Morgan fingerprint density at radius 2 is 1.82 bits per heavy atom. The number of carbonyl (C=O) groups is 1. The summed E-state index contributed by atoms with van der Waals surface area (Å²) in [5, 5.41) is 8.83.